The van der Waals surface area contributed by atoms with E-state index >= 15 is 0 Å². The SMILES string of the molecule is O=C1OCCC1OS(=O)(=O)O. The van der Waals surface area contributed by atoms with Gasteiger partial charge in [-0.1, -0.05) is 0 Å². The zero-order valence-corrected chi connectivity index (χ0v) is 6.20. The molecular formula is C4H6O6S. The van der Waals surface area contributed by atoms with E-state index in [0.29, 0.717) is 0 Å². The maximum absolute atomic E-state index is 10.5. The summed E-state index contributed by atoms with van der Waals surface area (Å²) in [6, 6.07) is 0. The lowest BCUT2D eigenvalue weighted by Crippen LogP contribution is -2.22. The quantitative estimate of drug-likeness (QED) is 0.440. The van der Waals surface area contributed by atoms with Crippen molar-refractivity contribution in [1.82, 2.24) is 0 Å². The predicted octanol–water partition coefficient (Wildman–Crippen LogP) is -0.879. The molecule has 1 unspecified atom stereocenters. The highest BCUT2D eigenvalue weighted by Gasteiger charge is 2.31. The second-order valence-corrected chi connectivity index (χ2v) is 3.02. The van der Waals surface area contributed by atoms with Crippen LogP contribution in [0.3, 0.4) is 0 Å². The van der Waals surface area contributed by atoms with E-state index in [2.05, 4.69) is 8.92 Å². The monoisotopic (exact) mass is 182 g/mol. The summed E-state index contributed by atoms with van der Waals surface area (Å²) in [4.78, 5) is 10.5. The zero-order valence-electron chi connectivity index (χ0n) is 5.39. The smallest absolute Gasteiger partial charge is 0.398 e. The Labute approximate surface area is 63.1 Å². The van der Waals surface area contributed by atoms with E-state index in [1.165, 1.54) is 0 Å². The highest BCUT2D eigenvalue weighted by molar-refractivity contribution is 7.80. The van der Waals surface area contributed by atoms with Crippen molar-refractivity contribution in [3.63, 3.8) is 0 Å². The van der Waals surface area contributed by atoms with E-state index in [4.69, 9.17) is 4.55 Å². The van der Waals surface area contributed by atoms with Gasteiger partial charge in [-0.3, -0.25) is 4.55 Å². The van der Waals surface area contributed by atoms with Crippen LogP contribution in [0.25, 0.3) is 0 Å². The Balaban J connectivity index is 2.57. The maximum atomic E-state index is 10.5. The molecule has 0 aliphatic carbocycles. The number of cyclic esters (lactones) is 1. The molecule has 0 saturated carbocycles. The fourth-order valence-electron chi connectivity index (χ4n) is 0.712. The number of carbonyl (C=O) groups excluding carboxylic acids is 1. The number of esters is 1. The van der Waals surface area contributed by atoms with Crippen molar-refractivity contribution >= 4 is 16.4 Å². The van der Waals surface area contributed by atoms with Gasteiger partial charge in [-0.15, -0.1) is 0 Å². The number of hydrogen-bond acceptors (Lipinski definition) is 5. The molecule has 7 heteroatoms. The molecule has 1 heterocycles. The largest absolute Gasteiger partial charge is 0.464 e. The van der Waals surface area contributed by atoms with Crippen LogP contribution in [0.5, 0.6) is 0 Å². The molecular weight excluding hydrogens is 176 g/mol. The Morgan fingerprint density at radius 1 is 1.64 bits per heavy atom. The number of hydrogen-bond donors (Lipinski definition) is 1. The van der Waals surface area contributed by atoms with Gasteiger partial charge >= 0.3 is 16.4 Å². The molecule has 64 valence electrons. The molecule has 0 spiro atoms. The standard InChI is InChI=1S/C4H6O6S/c5-4-3(1-2-9-4)10-11(6,7)8/h3H,1-2H2,(H,6,7,8). The van der Waals surface area contributed by atoms with Crippen LogP contribution >= 0.6 is 0 Å². The molecule has 1 saturated heterocycles. The third-order valence-electron chi connectivity index (χ3n) is 1.13. The summed E-state index contributed by atoms with van der Waals surface area (Å²) >= 11 is 0. The minimum absolute atomic E-state index is 0.124. The molecule has 6 nitrogen and oxygen atoms in total. The van der Waals surface area contributed by atoms with Gasteiger partial charge in [-0.05, 0) is 0 Å². The van der Waals surface area contributed by atoms with Crippen molar-refractivity contribution < 1.29 is 26.7 Å². The van der Waals surface area contributed by atoms with Crippen LogP contribution in [0.15, 0.2) is 0 Å². The molecule has 1 fully saturated rings. The first-order chi connectivity index (χ1) is 4.99. The second-order valence-electron chi connectivity index (χ2n) is 1.97. The predicted molar refractivity (Wildman–Crippen MR) is 32.0 cm³/mol. The van der Waals surface area contributed by atoms with Crippen LogP contribution in [0, 0.1) is 0 Å². The molecule has 0 aromatic carbocycles. The van der Waals surface area contributed by atoms with E-state index in [1.54, 1.807) is 0 Å². The zero-order chi connectivity index (χ0) is 8.48. The number of carbonyl (C=O) groups is 1. The lowest BCUT2D eigenvalue weighted by atomic mass is 10.3. The van der Waals surface area contributed by atoms with Crippen molar-refractivity contribution in [3.05, 3.63) is 0 Å². The average Bonchev–Trinajstić information content (AvgIpc) is 2.12. The Morgan fingerprint density at radius 2 is 2.27 bits per heavy atom. The van der Waals surface area contributed by atoms with Crippen molar-refractivity contribution in [3.8, 4) is 0 Å². The van der Waals surface area contributed by atoms with E-state index in [1.807, 2.05) is 0 Å². The summed E-state index contributed by atoms with van der Waals surface area (Å²) < 4.78 is 36.6. The highest BCUT2D eigenvalue weighted by Crippen LogP contribution is 2.11. The van der Waals surface area contributed by atoms with Gasteiger partial charge in [0, 0.05) is 6.42 Å². The van der Waals surface area contributed by atoms with Crippen LogP contribution < -0.4 is 0 Å². The lowest BCUT2D eigenvalue weighted by molar-refractivity contribution is -0.143. The average molecular weight is 182 g/mol. The Kier molecular flexibility index (Phi) is 2.12. The third kappa shape index (κ3) is 2.45. The fraction of sp³-hybridized carbons (Fsp3) is 0.750. The van der Waals surface area contributed by atoms with E-state index in [-0.39, 0.29) is 13.0 Å². The van der Waals surface area contributed by atoms with Crippen LogP contribution in [-0.4, -0.2) is 31.7 Å². The molecule has 1 N–H and O–H groups in total. The molecule has 1 atom stereocenters. The summed E-state index contributed by atoms with van der Waals surface area (Å²) in [5, 5.41) is 0. The summed E-state index contributed by atoms with van der Waals surface area (Å²) in [5.74, 6) is -0.761. The summed E-state index contributed by atoms with van der Waals surface area (Å²) in [5.41, 5.74) is 0. The molecule has 0 aromatic rings. The Bertz CT molecular complexity index is 254. The van der Waals surface area contributed by atoms with Gasteiger partial charge in [0.2, 0.25) is 0 Å². The molecule has 0 radical (unpaired) electrons. The second kappa shape index (κ2) is 2.76. The van der Waals surface area contributed by atoms with Crippen LogP contribution in [0.4, 0.5) is 0 Å². The van der Waals surface area contributed by atoms with Gasteiger partial charge in [0.1, 0.15) is 0 Å². The highest BCUT2D eigenvalue weighted by atomic mass is 32.3. The minimum atomic E-state index is -4.54. The van der Waals surface area contributed by atoms with E-state index in [9.17, 15) is 13.2 Å². The molecule has 1 rings (SSSR count). The molecule has 0 aromatic heterocycles. The minimum Gasteiger partial charge on any atom is -0.464 e. The summed E-state index contributed by atoms with van der Waals surface area (Å²) in [7, 11) is -4.54. The molecule has 1 aliphatic heterocycles. The van der Waals surface area contributed by atoms with Crippen molar-refractivity contribution in [2.45, 2.75) is 12.5 Å². The molecule has 0 amide bonds. The van der Waals surface area contributed by atoms with Gasteiger partial charge in [0.05, 0.1) is 6.61 Å². The van der Waals surface area contributed by atoms with Gasteiger partial charge in [-0.2, -0.15) is 8.42 Å². The first-order valence-electron chi connectivity index (χ1n) is 2.81. The van der Waals surface area contributed by atoms with Gasteiger partial charge in [0.15, 0.2) is 6.10 Å². The van der Waals surface area contributed by atoms with E-state index < -0.39 is 22.5 Å². The van der Waals surface area contributed by atoms with Crippen molar-refractivity contribution in [1.29, 1.82) is 0 Å². The first kappa shape index (κ1) is 8.44. The normalized spacial score (nSPS) is 25.2. The number of ether oxygens (including phenoxy) is 1. The molecule has 0 bridgehead atoms. The van der Waals surface area contributed by atoms with Crippen molar-refractivity contribution in [2.75, 3.05) is 6.61 Å². The Morgan fingerprint density at radius 3 is 2.64 bits per heavy atom. The lowest BCUT2D eigenvalue weighted by Gasteiger charge is -2.01. The Hall–Kier alpha value is -0.660. The van der Waals surface area contributed by atoms with Crippen LogP contribution in [0.1, 0.15) is 6.42 Å². The van der Waals surface area contributed by atoms with Crippen LogP contribution in [0.2, 0.25) is 0 Å². The topological polar surface area (TPSA) is 89.9 Å². The number of rotatable bonds is 2. The molecule has 1 aliphatic rings. The fourth-order valence-corrected chi connectivity index (χ4v) is 1.18. The maximum Gasteiger partial charge on any atom is 0.398 e. The van der Waals surface area contributed by atoms with E-state index in [0.717, 1.165) is 0 Å². The van der Waals surface area contributed by atoms with Gasteiger partial charge in [0.25, 0.3) is 0 Å². The summed E-state index contributed by atoms with van der Waals surface area (Å²) in [6.45, 7) is 0.124. The van der Waals surface area contributed by atoms with Gasteiger partial charge < -0.3 is 4.74 Å². The van der Waals surface area contributed by atoms with Crippen molar-refractivity contribution in [2.24, 2.45) is 0 Å². The summed E-state index contributed by atoms with van der Waals surface area (Å²) in [6.07, 6.45) is -1.02. The van der Waals surface area contributed by atoms with Gasteiger partial charge in [-0.25, -0.2) is 8.98 Å². The molecule has 11 heavy (non-hydrogen) atoms. The third-order valence-corrected chi connectivity index (χ3v) is 1.60. The van der Waals surface area contributed by atoms with Crippen LogP contribution in [-0.2, 0) is 24.1 Å². The first-order valence-corrected chi connectivity index (χ1v) is 4.18.